The van der Waals surface area contributed by atoms with Crippen LogP contribution in [0.4, 0.5) is 10.5 Å². The van der Waals surface area contributed by atoms with Crippen LogP contribution in [0, 0.1) is 6.92 Å². The van der Waals surface area contributed by atoms with Crippen LogP contribution in [-0.4, -0.2) is 14.4 Å². The predicted molar refractivity (Wildman–Crippen MR) is 58.3 cm³/mol. The van der Waals surface area contributed by atoms with Crippen LogP contribution in [0.1, 0.15) is 5.56 Å². The van der Waals surface area contributed by atoms with Gasteiger partial charge in [0.1, 0.15) is 4.90 Å². The summed E-state index contributed by atoms with van der Waals surface area (Å²) in [4.78, 5) is 11.3. The standard InChI is InChI=1S/C8H7BrN2O3S/c1-5-2-3-6-7(4-5)15(13,14)10-8(12)11(6)9/h2-4H,1H3,(H,10,12). The van der Waals surface area contributed by atoms with Crippen molar-refractivity contribution in [1.82, 2.24) is 4.72 Å². The summed E-state index contributed by atoms with van der Waals surface area (Å²) in [5.74, 6) is 0. The average molecular weight is 291 g/mol. The lowest BCUT2D eigenvalue weighted by molar-refractivity contribution is 0.254. The summed E-state index contributed by atoms with van der Waals surface area (Å²) < 4.78 is 26.2. The number of carbonyl (C=O) groups is 1. The van der Waals surface area contributed by atoms with Crippen molar-refractivity contribution in [2.75, 3.05) is 3.93 Å². The molecular formula is C8H7BrN2O3S. The van der Waals surface area contributed by atoms with Crippen molar-refractivity contribution in [3.8, 4) is 0 Å². The number of aryl methyl sites for hydroxylation is 1. The number of anilines is 1. The Bertz CT molecular complexity index is 541. The van der Waals surface area contributed by atoms with Gasteiger partial charge in [0, 0.05) is 0 Å². The van der Waals surface area contributed by atoms with Crippen molar-refractivity contribution in [1.29, 1.82) is 0 Å². The minimum Gasteiger partial charge on any atom is -0.246 e. The summed E-state index contributed by atoms with van der Waals surface area (Å²) in [5.41, 5.74) is 1.14. The highest BCUT2D eigenvalue weighted by Gasteiger charge is 2.32. The molecule has 0 aliphatic carbocycles. The van der Waals surface area contributed by atoms with E-state index in [1.807, 2.05) is 4.72 Å². The smallest absolute Gasteiger partial charge is 0.246 e. The van der Waals surface area contributed by atoms with Crippen LogP contribution in [0.25, 0.3) is 0 Å². The summed E-state index contributed by atoms with van der Waals surface area (Å²) in [7, 11) is -3.72. The van der Waals surface area contributed by atoms with E-state index in [0.29, 0.717) is 5.69 Å². The predicted octanol–water partition coefficient (Wildman–Crippen LogP) is 1.52. The van der Waals surface area contributed by atoms with Crippen LogP contribution in [0.15, 0.2) is 23.1 Å². The molecule has 0 aromatic heterocycles. The molecule has 0 bridgehead atoms. The number of hydrogen-bond donors (Lipinski definition) is 1. The number of urea groups is 1. The number of halogens is 1. The Balaban J connectivity index is 2.75. The maximum Gasteiger partial charge on any atom is 0.346 e. The van der Waals surface area contributed by atoms with E-state index in [4.69, 9.17) is 0 Å². The molecule has 1 aromatic carbocycles. The molecular weight excluding hydrogens is 284 g/mol. The zero-order valence-electron chi connectivity index (χ0n) is 7.69. The highest BCUT2D eigenvalue weighted by Crippen LogP contribution is 2.31. The lowest BCUT2D eigenvalue weighted by Gasteiger charge is -2.24. The molecule has 0 saturated carbocycles. The van der Waals surface area contributed by atoms with Gasteiger partial charge in [-0.15, -0.1) is 0 Å². The van der Waals surface area contributed by atoms with Crippen molar-refractivity contribution < 1.29 is 13.2 Å². The molecule has 0 saturated heterocycles. The lowest BCUT2D eigenvalue weighted by atomic mass is 10.2. The minimum absolute atomic E-state index is 0.0963. The lowest BCUT2D eigenvalue weighted by Crippen LogP contribution is -2.42. The number of sulfonamides is 1. The third-order valence-corrected chi connectivity index (χ3v) is 4.07. The molecule has 0 atom stereocenters. The van der Waals surface area contributed by atoms with Crippen molar-refractivity contribution in [3.63, 3.8) is 0 Å². The Hall–Kier alpha value is -1.08. The second-order valence-electron chi connectivity index (χ2n) is 3.16. The van der Waals surface area contributed by atoms with E-state index in [1.165, 1.54) is 6.07 Å². The van der Waals surface area contributed by atoms with Gasteiger partial charge >= 0.3 is 6.03 Å². The van der Waals surface area contributed by atoms with Gasteiger partial charge in [-0.3, -0.25) is 0 Å². The van der Waals surface area contributed by atoms with Gasteiger partial charge in [0.25, 0.3) is 10.0 Å². The molecule has 0 unspecified atom stereocenters. The molecule has 0 spiro atoms. The number of rotatable bonds is 0. The first-order valence-electron chi connectivity index (χ1n) is 4.05. The molecule has 5 nitrogen and oxygen atoms in total. The van der Waals surface area contributed by atoms with Crippen LogP contribution in [0.5, 0.6) is 0 Å². The molecule has 1 heterocycles. The van der Waals surface area contributed by atoms with Crippen molar-refractivity contribution >= 4 is 37.9 Å². The molecule has 1 aliphatic rings. The van der Waals surface area contributed by atoms with E-state index < -0.39 is 16.1 Å². The van der Waals surface area contributed by atoms with Gasteiger partial charge < -0.3 is 0 Å². The quantitative estimate of drug-likeness (QED) is 0.737. The van der Waals surface area contributed by atoms with E-state index in [2.05, 4.69) is 16.1 Å². The van der Waals surface area contributed by atoms with Crippen LogP contribution < -0.4 is 8.65 Å². The van der Waals surface area contributed by atoms with Gasteiger partial charge in [-0.25, -0.2) is 21.9 Å². The van der Waals surface area contributed by atoms with Gasteiger partial charge in [-0.05, 0) is 24.6 Å². The van der Waals surface area contributed by atoms with E-state index in [1.54, 1.807) is 19.1 Å². The molecule has 2 amide bonds. The van der Waals surface area contributed by atoms with E-state index >= 15 is 0 Å². The summed E-state index contributed by atoms with van der Waals surface area (Å²) in [5, 5.41) is 0. The summed E-state index contributed by atoms with van der Waals surface area (Å²) in [6.45, 7) is 1.78. The van der Waals surface area contributed by atoms with Crippen molar-refractivity contribution in [2.24, 2.45) is 0 Å². The largest absolute Gasteiger partial charge is 0.346 e. The Morgan fingerprint density at radius 3 is 2.73 bits per heavy atom. The normalized spacial score (nSPS) is 18.3. The first-order chi connectivity index (χ1) is 6.92. The monoisotopic (exact) mass is 290 g/mol. The minimum atomic E-state index is -3.72. The number of carbonyl (C=O) groups excluding carboxylic acids is 1. The Labute approximate surface area is 95.5 Å². The van der Waals surface area contributed by atoms with Crippen molar-refractivity contribution in [2.45, 2.75) is 11.8 Å². The van der Waals surface area contributed by atoms with Crippen LogP contribution >= 0.6 is 16.1 Å². The highest BCUT2D eigenvalue weighted by atomic mass is 79.9. The zero-order chi connectivity index (χ0) is 11.2. The highest BCUT2D eigenvalue weighted by molar-refractivity contribution is 9.10. The maximum atomic E-state index is 11.6. The number of nitrogens with zero attached hydrogens (tertiary/aromatic N) is 1. The number of hydrogen-bond acceptors (Lipinski definition) is 3. The Kier molecular flexibility index (Phi) is 2.23. The third kappa shape index (κ3) is 1.61. The molecule has 0 radical (unpaired) electrons. The topological polar surface area (TPSA) is 66.5 Å². The number of benzene rings is 1. The first kappa shape index (κ1) is 10.4. The average Bonchev–Trinajstić information content (AvgIpc) is 2.14. The fraction of sp³-hybridized carbons (Fsp3) is 0.125. The number of amides is 2. The van der Waals surface area contributed by atoms with Gasteiger partial charge in [-0.1, -0.05) is 6.07 Å². The number of nitrogens with one attached hydrogen (secondary N) is 1. The van der Waals surface area contributed by atoms with Crippen LogP contribution in [-0.2, 0) is 10.0 Å². The van der Waals surface area contributed by atoms with Gasteiger partial charge in [0.15, 0.2) is 0 Å². The number of fused-ring (bicyclic) bond motifs is 1. The molecule has 1 aromatic rings. The van der Waals surface area contributed by atoms with Gasteiger partial charge in [0.05, 0.1) is 21.8 Å². The summed E-state index contributed by atoms with van der Waals surface area (Å²) in [6, 6.07) is 4.11. The van der Waals surface area contributed by atoms with E-state index in [9.17, 15) is 13.2 Å². The van der Waals surface area contributed by atoms with Gasteiger partial charge in [0.2, 0.25) is 0 Å². The second-order valence-corrected chi connectivity index (χ2v) is 5.52. The summed E-state index contributed by atoms with van der Waals surface area (Å²) in [6.07, 6.45) is 0. The van der Waals surface area contributed by atoms with Crippen LogP contribution in [0.2, 0.25) is 0 Å². The third-order valence-electron chi connectivity index (χ3n) is 2.02. The van der Waals surface area contributed by atoms with Crippen LogP contribution in [0.3, 0.4) is 0 Å². The Morgan fingerprint density at radius 2 is 2.07 bits per heavy atom. The molecule has 2 rings (SSSR count). The molecule has 1 aliphatic heterocycles. The molecule has 15 heavy (non-hydrogen) atoms. The van der Waals surface area contributed by atoms with E-state index in [-0.39, 0.29) is 4.90 Å². The first-order valence-corrected chi connectivity index (χ1v) is 6.24. The fourth-order valence-corrected chi connectivity index (χ4v) is 3.16. The fourth-order valence-electron chi connectivity index (χ4n) is 1.32. The van der Waals surface area contributed by atoms with E-state index in [0.717, 1.165) is 9.49 Å². The maximum absolute atomic E-state index is 11.6. The molecule has 1 N–H and O–H groups in total. The zero-order valence-corrected chi connectivity index (χ0v) is 10.1. The SMILES string of the molecule is Cc1ccc2c(c1)S(=O)(=O)NC(=O)N2Br. The molecule has 0 fully saturated rings. The summed E-state index contributed by atoms with van der Waals surface area (Å²) >= 11 is 2.99. The Morgan fingerprint density at radius 1 is 1.40 bits per heavy atom. The van der Waals surface area contributed by atoms with Crippen molar-refractivity contribution in [3.05, 3.63) is 23.8 Å². The molecule has 80 valence electrons. The molecule has 7 heteroatoms. The van der Waals surface area contributed by atoms with Gasteiger partial charge in [-0.2, -0.15) is 0 Å². The second kappa shape index (κ2) is 3.21.